The summed E-state index contributed by atoms with van der Waals surface area (Å²) in [5, 5.41) is 5.26. The Bertz CT molecular complexity index is 1110. The second-order valence-corrected chi connectivity index (χ2v) is 9.03. The van der Waals surface area contributed by atoms with Gasteiger partial charge in [-0.1, -0.05) is 18.2 Å². The number of benzene rings is 2. The predicted octanol–water partition coefficient (Wildman–Crippen LogP) is 4.50. The lowest BCUT2D eigenvalue weighted by Gasteiger charge is -2.47. The van der Waals surface area contributed by atoms with E-state index in [9.17, 15) is 4.79 Å². The van der Waals surface area contributed by atoms with E-state index in [1.807, 2.05) is 53.0 Å². The lowest BCUT2D eigenvalue weighted by molar-refractivity contribution is -0.0872. The first-order valence-corrected chi connectivity index (χ1v) is 11.1. The zero-order valence-electron chi connectivity index (χ0n) is 18.4. The summed E-state index contributed by atoms with van der Waals surface area (Å²) in [6, 6.07) is 14.0. The Hall–Kier alpha value is -2.86. The van der Waals surface area contributed by atoms with Crippen LogP contribution in [0.15, 0.2) is 48.7 Å². The Morgan fingerprint density at radius 3 is 2.74 bits per heavy atom. The quantitative estimate of drug-likeness (QED) is 0.627. The molecule has 3 heterocycles. The molecule has 0 unspecified atom stereocenters. The van der Waals surface area contributed by atoms with Crippen LogP contribution in [0.5, 0.6) is 5.75 Å². The Labute approximate surface area is 182 Å². The molecule has 162 valence electrons. The van der Waals surface area contributed by atoms with Crippen LogP contribution in [-0.2, 0) is 11.8 Å². The van der Waals surface area contributed by atoms with Gasteiger partial charge in [0.25, 0.3) is 5.91 Å². The Balaban J connectivity index is 1.32. The number of amides is 1. The molecule has 1 fully saturated rings. The first-order valence-electron chi connectivity index (χ1n) is 11.1. The van der Waals surface area contributed by atoms with Crippen LogP contribution in [0.1, 0.15) is 55.1 Å². The molecule has 1 amide bonds. The third-order valence-electron chi connectivity index (χ3n) is 6.54. The van der Waals surface area contributed by atoms with E-state index >= 15 is 0 Å². The van der Waals surface area contributed by atoms with Crippen molar-refractivity contribution >= 4 is 16.8 Å². The molecule has 3 aromatic rings. The van der Waals surface area contributed by atoms with E-state index in [4.69, 9.17) is 9.47 Å². The highest BCUT2D eigenvalue weighted by Crippen LogP contribution is 2.46. The van der Waals surface area contributed by atoms with Gasteiger partial charge in [0.15, 0.2) is 0 Å². The SMILES string of the molecule is CC(C)O[C@H]1CC2(CCN(C(=O)c3ccc4c(cnn4C)c3)CC2)Oc2ccccc21. The number of carbonyl (C=O) groups excluding carboxylic acids is 1. The van der Waals surface area contributed by atoms with Crippen molar-refractivity contribution in [1.82, 2.24) is 14.7 Å². The van der Waals surface area contributed by atoms with Gasteiger partial charge in [-0.3, -0.25) is 9.48 Å². The van der Waals surface area contributed by atoms with Crippen molar-refractivity contribution < 1.29 is 14.3 Å². The number of piperidine rings is 1. The molecule has 2 aliphatic heterocycles. The molecule has 0 aliphatic carbocycles. The number of ether oxygens (including phenoxy) is 2. The maximum Gasteiger partial charge on any atom is 0.253 e. The van der Waals surface area contributed by atoms with Gasteiger partial charge in [0.05, 0.1) is 23.9 Å². The normalized spacial score (nSPS) is 20.1. The van der Waals surface area contributed by atoms with Gasteiger partial charge in [0, 0.05) is 55.9 Å². The van der Waals surface area contributed by atoms with Gasteiger partial charge < -0.3 is 14.4 Å². The smallest absolute Gasteiger partial charge is 0.253 e. The number of carbonyl (C=O) groups is 1. The number of hydrogen-bond donors (Lipinski definition) is 0. The third kappa shape index (κ3) is 3.69. The summed E-state index contributed by atoms with van der Waals surface area (Å²) in [7, 11) is 1.91. The van der Waals surface area contributed by atoms with Crippen molar-refractivity contribution in [2.75, 3.05) is 13.1 Å². The number of nitrogens with zero attached hydrogens (tertiary/aromatic N) is 3. The minimum atomic E-state index is -0.280. The largest absolute Gasteiger partial charge is 0.487 e. The molecule has 31 heavy (non-hydrogen) atoms. The van der Waals surface area contributed by atoms with Gasteiger partial charge in [-0.15, -0.1) is 0 Å². The molecular formula is C25H29N3O3. The fourth-order valence-corrected chi connectivity index (χ4v) is 4.91. The first-order chi connectivity index (χ1) is 14.9. The average molecular weight is 420 g/mol. The summed E-state index contributed by atoms with van der Waals surface area (Å²) >= 11 is 0. The molecular weight excluding hydrogens is 390 g/mol. The molecule has 1 atom stereocenters. The zero-order valence-corrected chi connectivity index (χ0v) is 18.4. The van der Waals surface area contributed by atoms with Crippen LogP contribution in [-0.4, -0.2) is 45.4 Å². The number of aryl methyl sites for hydroxylation is 1. The average Bonchev–Trinajstić information content (AvgIpc) is 3.13. The number of hydrogen-bond acceptors (Lipinski definition) is 4. The van der Waals surface area contributed by atoms with Crippen molar-refractivity contribution in [1.29, 1.82) is 0 Å². The van der Waals surface area contributed by atoms with Crippen molar-refractivity contribution in [3.05, 3.63) is 59.8 Å². The third-order valence-corrected chi connectivity index (χ3v) is 6.54. The lowest BCUT2D eigenvalue weighted by atomic mass is 9.81. The van der Waals surface area contributed by atoms with Crippen LogP contribution in [0.4, 0.5) is 0 Å². The molecule has 6 heteroatoms. The van der Waals surface area contributed by atoms with E-state index < -0.39 is 0 Å². The molecule has 0 radical (unpaired) electrons. The second kappa shape index (κ2) is 7.68. The van der Waals surface area contributed by atoms with Gasteiger partial charge in [-0.25, -0.2) is 0 Å². The lowest BCUT2D eigenvalue weighted by Crippen LogP contribution is -2.52. The first kappa shape index (κ1) is 20.1. The summed E-state index contributed by atoms with van der Waals surface area (Å²) in [6.07, 6.45) is 4.42. The molecule has 1 spiro atoms. The van der Waals surface area contributed by atoms with E-state index in [1.54, 1.807) is 6.20 Å². The molecule has 0 N–H and O–H groups in total. The molecule has 0 bridgehead atoms. The summed E-state index contributed by atoms with van der Waals surface area (Å²) in [5.41, 5.74) is 2.59. The van der Waals surface area contributed by atoms with Crippen LogP contribution < -0.4 is 4.74 Å². The number of para-hydroxylation sites is 1. The molecule has 2 aromatic carbocycles. The highest BCUT2D eigenvalue weighted by atomic mass is 16.5. The molecule has 1 aromatic heterocycles. The Morgan fingerprint density at radius 2 is 1.97 bits per heavy atom. The van der Waals surface area contributed by atoms with Crippen molar-refractivity contribution in [2.45, 2.75) is 50.9 Å². The van der Waals surface area contributed by atoms with E-state index in [0.29, 0.717) is 18.7 Å². The van der Waals surface area contributed by atoms with E-state index in [-0.39, 0.29) is 23.7 Å². The minimum Gasteiger partial charge on any atom is -0.487 e. The standard InChI is InChI=1S/C25H29N3O3/c1-17(2)30-23-15-25(31-22-7-5-4-6-20(22)23)10-12-28(13-11-25)24(29)18-8-9-21-19(14-18)16-26-27(21)3/h4-9,14,16-17,23H,10-13,15H2,1-3H3/t23-/m0/s1. The van der Waals surface area contributed by atoms with Crippen LogP contribution in [0.3, 0.4) is 0 Å². The van der Waals surface area contributed by atoms with Gasteiger partial charge >= 0.3 is 0 Å². The fourth-order valence-electron chi connectivity index (χ4n) is 4.91. The van der Waals surface area contributed by atoms with Crippen molar-refractivity contribution in [3.8, 4) is 5.75 Å². The van der Waals surface area contributed by atoms with Gasteiger partial charge in [0.2, 0.25) is 0 Å². The number of aromatic nitrogens is 2. The number of fused-ring (bicyclic) bond motifs is 2. The van der Waals surface area contributed by atoms with Gasteiger partial charge in [0.1, 0.15) is 11.4 Å². The van der Waals surface area contributed by atoms with Crippen molar-refractivity contribution in [2.24, 2.45) is 7.05 Å². The number of rotatable bonds is 3. The molecule has 5 rings (SSSR count). The maximum atomic E-state index is 13.2. The molecule has 6 nitrogen and oxygen atoms in total. The zero-order chi connectivity index (χ0) is 21.6. The van der Waals surface area contributed by atoms with Crippen molar-refractivity contribution in [3.63, 3.8) is 0 Å². The summed E-state index contributed by atoms with van der Waals surface area (Å²) in [6.45, 7) is 5.51. The highest BCUT2D eigenvalue weighted by molar-refractivity contribution is 5.98. The predicted molar refractivity (Wildman–Crippen MR) is 119 cm³/mol. The van der Waals surface area contributed by atoms with E-state index in [0.717, 1.165) is 41.5 Å². The summed E-state index contributed by atoms with van der Waals surface area (Å²) in [5.74, 6) is 0.994. The monoisotopic (exact) mass is 419 g/mol. The van der Waals surface area contributed by atoms with E-state index in [1.165, 1.54) is 0 Å². The summed E-state index contributed by atoms with van der Waals surface area (Å²) < 4.78 is 14.6. The van der Waals surface area contributed by atoms with Crippen LogP contribution in [0.25, 0.3) is 10.9 Å². The fraction of sp³-hybridized carbons (Fsp3) is 0.440. The molecule has 1 saturated heterocycles. The Morgan fingerprint density at radius 1 is 1.19 bits per heavy atom. The molecule has 0 saturated carbocycles. The van der Waals surface area contributed by atoms with E-state index in [2.05, 4.69) is 25.0 Å². The van der Waals surface area contributed by atoms with Gasteiger partial charge in [-0.2, -0.15) is 5.10 Å². The Kier molecular flexibility index (Phi) is 4.97. The topological polar surface area (TPSA) is 56.6 Å². The maximum absolute atomic E-state index is 13.2. The number of likely N-dealkylation sites (tertiary alicyclic amines) is 1. The molecule has 2 aliphatic rings. The van der Waals surface area contributed by atoms with Crippen LogP contribution in [0.2, 0.25) is 0 Å². The summed E-state index contributed by atoms with van der Waals surface area (Å²) in [4.78, 5) is 15.1. The van der Waals surface area contributed by atoms with Gasteiger partial charge in [-0.05, 0) is 38.1 Å². The second-order valence-electron chi connectivity index (χ2n) is 9.03. The van der Waals surface area contributed by atoms with Crippen LogP contribution in [0, 0.1) is 0 Å². The highest BCUT2D eigenvalue weighted by Gasteiger charge is 2.44. The minimum absolute atomic E-state index is 0.0280. The van der Waals surface area contributed by atoms with Crippen LogP contribution >= 0.6 is 0 Å².